The molecule has 1 amide bonds. The maximum atomic E-state index is 11.8. The Hall–Kier alpha value is -1.00. The van der Waals surface area contributed by atoms with E-state index in [9.17, 15) is 4.79 Å². The van der Waals surface area contributed by atoms with Crippen LogP contribution in [0.1, 0.15) is 13.8 Å². The summed E-state index contributed by atoms with van der Waals surface area (Å²) in [7, 11) is 1.85. The molecule has 0 aliphatic rings. The maximum absolute atomic E-state index is 11.8. The molecule has 0 bridgehead atoms. The van der Waals surface area contributed by atoms with Gasteiger partial charge in [-0.05, 0) is 31.0 Å². The van der Waals surface area contributed by atoms with Gasteiger partial charge in [-0.3, -0.25) is 4.79 Å². The van der Waals surface area contributed by atoms with Crippen LogP contribution >= 0.6 is 11.8 Å². The predicted octanol–water partition coefficient (Wildman–Crippen LogP) is 2.59. The van der Waals surface area contributed by atoms with Crippen molar-refractivity contribution in [3.8, 4) is 0 Å². The Labute approximate surface area is 107 Å². The SMILES string of the molecule is CCSc1cccc(NC(=O)C(C)CNC)c1. The highest BCUT2D eigenvalue weighted by molar-refractivity contribution is 7.99. The third-order valence-corrected chi connectivity index (χ3v) is 3.25. The monoisotopic (exact) mass is 252 g/mol. The normalized spacial score (nSPS) is 12.2. The van der Waals surface area contributed by atoms with Gasteiger partial charge < -0.3 is 10.6 Å². The van der Waals surface area contributed by atoms with E-state index in [1.165, 1.54) is 4.90 Å². The summed E-state index contributed by atoms with van der Waals surface area (Å²) in [5.41, 5.74) is 0.872. The van der Waals surface area contributed by atoms with Gasteiger partial charge >= 0.3 is 0 Å². The van der Waals surface area contributed by atoms with Gasteiger partial charge in [-0.1, -0.05) is 19.9 Å². The minimum Gasteiger partial charge on any atom is -0.326 e. The van der Waals surface area contributed by atoms with Crippen LogP contribution in [-0.4, -0.2) is 25.3 Å². The van der Waals surface area contributed by atoms with Gasteiger partial charge in [-0.25, -0.2) is 0 Å². The molecule has 0 aliphatic heterocycles. The zero-order valence-electron chi connectivity index (χ0n) is 10.6. The van der Waals surface area contributed by atoms with Crippen molar-refractivity contribution in [3.05, 3.63) is 24.3 Å². The minimum absolute atomic E-state index is 0.0255. The van der Waals surface area contributed by atoms with Crippen molar-refractivity contribution in [2.75, 3.05) is 24.7 Å². The van der Waals surface area contributed by atoms with E-state index in [2.05, 4.69) is 23.6 Å². The third-order valence-electron chi connectivity index (χ3n) is 2.37. The first-order valence-electron chi connectivity index (χ1n) is 5.85. The summed E-state index contributed by atoms with van der Waals surface area (Å²) in [5.74, 6) is 1.06. The highest BCUT2D eigenvalue weighted by Gasteiger charge is 2.11. The van der Waals surface area contributed by atoms with Crippen molar-refractivity contribution >= 4 is 23.4 Å². The van der Waals surface area contributed by atoms with Crippen molar-refractivity contribution < 1.29 is 4.79 Å². The zero-order chi connectivity index (χ0) is 12.7. The van der Waals surface area contributed by atoms with E-state index in [1.54, 1.807) is 11.8 Å². The van der Waals surface area contributed by atoms with Gasteiger partial charge in [0.05, 0.1) is 0 Å². The number of nitrogens with one attached hydrogen (secondary N) is 2. The summed E-state index contributed by atoms with van der Waals surface area (Å²) in [6.07, 6.45) is 0. The topological polar surface area (TPSA) is 41.1 Å². The second kappa shape index (κ2) is 7.35. The van der Waals surface area contributed by atoms with Crippen LogP contribution in [0.25, 0.3) is 0 Å². The van der Waals surface area contributed by atoms with E-state index in [4.69, 9.17) is 0 Å². The molecule has 1 aromatic carbocycles. The van der Waals surface area contributed by atoms with Crippen molar-refractivity contribution in [1.82, 2.24) is 5.32 Å². The number of rotatable bonds is 6. The molecule has 0 aliphatic carbocycles. The minimum atomic E-state index is -0.0255. The van der Waals surface area contributed by atoms with Crippen molar-refractivity contribution in [1.29, 1.82) is 0 Å². The first-order chi connectivity index (χ1) is 8.17. The largest absolute Gasteiger partial charge is 0.326 e. The van der Waals surface area contributed by atoms with Gasteiger partial charge in [0.15, 0.2) is 0 Å². The summed E-state index contributed by atoms with van der Waals surface area (Å²) in [6.45, 7) is 4.72. The Kier molecular flexibility index (Phi) is 6.08. The zero-order valence-corrected chi connectivity index (χ0v) is 11.4. The molecule has 4 heteroatoms. The summed E-state index contributed by atoms with van der Waals surface area (Å²) >= 11 is 1.77. The molecule has 1 aromatic rings. The summed E-state index contributed by atoms with van der Waals surface area (Å²) in [6, 6.07) is 7.96. The lowest BCUT2D eigenvalue weighted by Gasteiger charge is -2.12. The number of amides is 1. The number of carbonyl (C=O) groups is 1. The van der Waals surface area contributed by atoms with Crippen LogP contribution in [-0.2, 0) is 4.79 Å². The number of anilines is 1. The Morgan fingerprint density at radius 1 is 1.47 bits per heavy atom. The summed E-state index contributed by atoms with van der Waals surface area (Å²) < 4.78 is 0. The molecule has 0 aromatic heterocycles. The molecule has 1 rings (SSSR count). The third kappa shape index (κ3) is 4.79. The number of thioether (sulfide) groups is 1. The quantitative estimate of drug-likeness (QED) is 0.765. The number of hydrogen-bond donors (Lipinski definition) is 2. The van der Waals surface area contributed by atoms with E-state index in [0.717, 1.165) is 11.4 Å². The van der Waals surface area contributed by atoms with Crippen LogP contribution in [0.4, 0.5) is 5.69 Å². The van der Waals surface area contributed by atoms with Crippen LogP contribution in [0.3, 0.4) is 0 Å². The van der Waals surface area contributed by atoms with Crippen molar-refractivity contribution in [2.24, 2.45) is 5.92 Å². The molecule has 2 N–H and O–H groups in total. The number of hydrogen-bond acceptors (Lipinski definition) is 3. The van der Waals surface area contributed by atoms with E-state index in [0.29, 0.717) is 6.54 Å². The second-order valence-electron chi connectivity index (χ2n) is 3.91. The highest BCUT2D eigenvalue weighted by atomic mass is 32.2. The molecule has 1 atom stereocenters. The van der Waals surface area contributed by atoms with E-state index in [-0.39, 0.29) is 11.8 Å². The Morgan fingerprint density at radius 3 is 2.88 bits per heavy atom. The fourth-order valence-electron chi connectivity index (χ4n) is 1.49. The van der Waals surface area contributed by atoms with Gasteiger partial charge in [-0.15, -0.1) is 11.8 Å². The fraction of sp³-hybridized carbons (Fsp3) is 0.462. The lowest BCUT2D eigenvalue weighted by molar-refractivity contribution is -0.119. The van der Waals surface area contributed by atoms with Crippen LogP contribution < -0.4 is 10.6 Å². The molecule has 0 radical (unpaired) electrons. The van der Waals surface area contributed by atoms with Gasteiger partial charge in [0.1, 0.15) is 0 Å². The molecule has 17 heavy (non-hydrogen) atoms. The fourth-order valence-corrected chi connectivity index (χ4v) is 2.21. The lowest BCUT2D eigenvalue weighted by Crippen LogP contribution is -2.28. The van der Waals surface area contributed by atoms with Gasteiger partial charge in [-0.2, -0.15) is 0 Å². The average Bonchev–Trinajstić information content (AvgIpc) is 2.30. The van der Waals surface area contributed by atoms with Crippen molar-refractivity contribution in [3.63, 3.8) is 0 Å². The van der Waals surface area contributed by atoms with Crippen LogP contribution in [0.5, 0.6) is 0 Å². The summed E-state index contributed by atoms with van der Waals surface area (Å²) in [5, 5.41) is 5.93. The molecule has 94 valence electrons. The van der Waals surface area contributed by atoms with Crippen LogP contribution in [0.15, 0.2) is 29.2 Å². The summed E-state index contributed by atoms with van der Waals surface area (Å²) in [4.78, 5) is 13.0. The highest BCUT2D eigenvalue weighted by Crippen LogP contribution is 2.21. The standard InChI is InChI=1S/C13H20N2OS/c1-4-17-12-7-5-6-11(8-12)15-13(16)10(2)9-14-3/h5-8,10,14H,4,9H2,1-3H3,(H,15,16). The Morgan fingerprint density at radius 2 is 2.24 bits per heavy atom. The smallest absolute Gasteiger partial charge is 0.228 e. The van der Waals surface area contributed by atoms with Crippen molar-refractivity contribution in [2.45, 2.75) is 18.7 Å². The lowest BCUT2D eigenvalue weighted by atomic mass is 10.1. The number of carbonyl (C=O) groups excluding carboxylic acids is 1. The number of benzene rings is 1. The van der Waals surface area contributed by atoms with Crippen LogP contribution in [0, 0.1) is 5.92 Å². The van der Waals surface area contributed by atoms with Gasteiger partial charge in [0.2, 0.25) is 5.91 Å². The molecular formula is C13H20N2OS. The molecule has 1 unspecified atom stereocenters. The molecule has 3 nitrogen and oxygen atoms in total. The first kappa shape index (κ1) is 14.1. The van der Waals surface area contributed by atoms with Gasteiger partial charge in [0.25, 0.3) is 0 Å². The van der Waals surface area contributed by atoms with E-state index < -0.39 is 0 Å². The molecule has 0 fully saturated rings. The molecule has 0 saturated heterocycles. The first-order valence-corrected chi connectivity index (χ1v) is 6.84. The Bertz CT molecular complexity index is 368. The maximum Gasteiger partial charge on any atom is 0.228 e. The molecule has 0 saturated carbocycles. The molecule has 0 spiro atoms. The Balaban J connectivity index is 2.61. The van der Waals surface area contributed by atoms with Gasteiger partial charge in [0, 0.05) is 23.0 Å². The predicted molar refractivity (Wildman–Crippen MR) is 74.6 cm³/mol. The molecule has 0 heterocycles. The van der Waals surface area contributed by atoms with E-state index in [1.807, 2.05) is 32.2 Å². The second-order valence-corrected chi connectivity index (χ2v) is 5.25. The van der Waals surface area contributed by atoms with Crippen LogP contribution in [0.2, 0.25) is 0 Å². The van der Waals surface area contributed by atoms with E-state index >= 15 is 0 Å². The average molecular weight is 252 g/mol. The molecular weight excluding hydrogens is 232 g/mol.